The molecule has 5 nitrogen and oxygen atoms in total. The number of halogens is 1. The van der Waals surface area contributed by atoms with Crippen LogP contribution in [0.1, 0.15) is 25.7 Å². The summed E-state index contributed by atoms with van der Waals surface area (Å²) < 4.78 is 25.4. The van der Waals surface area contributed by atoms with Gasteiger partial charge in [0.25, 0.3) is 5.91 Å². The van der Waals surface area contributed by atoms with Crippen molar-refractivity contribution >= 4 is 41.0 Å². The van der Waals surface area contributed by atoms with Crippen molar-refractivity contribution in [2.75, 3.05) is 37.9 Å². The number of amides is 1. The standard InChI is InChI=1S/C20H25FN2O3S2/c21-16-9-15(27-11-13-1-5-25-6-2-13)10-17-19(16)20(24)23-18(22-17)12-28-14-3-7-26-8-4-14/h9-10,13-14,19H,1-8,11-12H2. The number of allylic oxidation sites excluding steroid dienone is 2. The van der Waals surface area contributed by atoms with Crippen LogP contribution in [-0.2, 0) is 14.3 Å². The molecule has 4 rings (SSSR count). The lowest BCUT2D eigenvalue weighted by Gasteiger charge is -2.25. The predicted molar refractivity (Wildman–Crippen MR) is 113 cm³/mol. The maximum Gasteiger partial charge on any atom is 0.263 e. The van der Waals surface area contributed by atoms with Crippen LogP contribution in [0, 0.1) is 11.8 Å². The Hall–Kier alpha value is -0.960. The molecule has 3 aliphatic heterocycles. The van der Waals surface area contributed by atoms with Crippen molar-refractivity contribution in [3.8, 4) is 0 Å². The van der Waals surface area contributed by atoms with Gasteiger partial charge in [-0.2, -0.15) is 16.8 Å². The number of carbonyl (C=O) groups is 1. The molecule has 8 heteroatoms. The van der Waals surface area contributed by atoms with Crippen molar-refractivity contribution in [1.82, 2.24) is 0 Å². The van der Waals surface area contributed by atoms with Crippen molar-refractivity contribution in [2.45, 2.75) is 30.9 Å². The van der Waals surface area contributed by atoms with E-state index in [-0.39, 0.29) is 0 Å². The van der Waals surface area contributed by atoms with Gasteiger partial charge in [-0.1, -0.05) is 0 Å². The third-order valence-corrected chi connectivity index (χ3v) is 7.90. The Bertz CT molecular complexity index is 723. The first-order chi connectivity index (χ1) is 13.7. The minimum absolute atomic E-state index is 0.439. The lowest BCUT2D eigenvalue weighted by molar-refractivity contribution is -0.119. The van der Waals surface area contributed by atoms with Crippen molar-refractivity contribution in [2.24, 2.45) is 21.8 Å². The second-order valence-electron chi connectivity index (χ2n) is 7.40. The number of carbonyl (C=O) groups excluding carboxylic acids is 1. The minimum atomic E-state index is -0.954. The molecule has 0 saturated carbocycles. The molecular formula is C20H25FN2O3S2. The Morgan fingerprint density at radius 3 is 2.50 bits per heavy atom. The fraction of sp³-hybridized carbons (Fsp3) is 0.650. The van der Waals surface area contributed by atoms with Crippen LogP contribution >= 0.6 is 23.5 Å². The number of fused-ring (bicyclic) bond motifs is 1. The lowest BCUT2D eigenvalue weighted by Crippen LogP contribution is -2.31. The number of hydrogen-bond acceptors (Lipinski definition) is 6. The molecule has 2 saturated heterocycles. The van der Waals surface area contributed by atoms with E-state index in [4.69, 9.17) is 9.47 Å². The van der Waals surface area contributed by atoms with Crippen molar-refractivity contribution in [3.63, 3.8) is 0 Å². The van der Waals surface area contributed by atoms with E-state index >= 15 is 0 Å². The van der Waals surface area contributed by atoms with E-state index in [1.165, 1.54) is 6.08 Å². The molecule has 152 valence electrons. The topological polar surface area (TPSA) is 60.2 Å². The molecule has 0 N–H and O–H groups in total. The highest BCUT2D eigenvalue weighted by molar-refractivity contribution is 8.03. The molecule has 3 heterocycles. The minimum Gasteiger partial charge on any atom is -0.381 e. The molecule has 2 fully saturated rings. The van der Waals surface area contributed by atoms with Gasteiger partial charge in [0.15, 0.2) is 0 Å². The Kier molecular flexibility index (Phi) is 7.03. The normalized spacial score (nSPS) is 26.9. The van der Waals surface area contributed by atoms with Gasteiger partial charge in [-0.15, -0.1) is 11.8 Å². The maximum atomic E-state index is 14.6. The summed E-state index contributed by atoms with van der Waals surface area (Å²) in [5.41, 5.74) is 0.497. The Labute approximate surface area is 173 Å². The zero-order chi connectivity index (χ0) is 19.3. The molecule has 4 aliphatic rings. The Balaban J connectivity index is 1.39. The van der Waals surface area contributed by atoms with E-state index in [2.05, 4.69) is 9.98 Å². The summed E-state index contributed by atoms with van der Waals surface area (Å²) in [4.78, 5) is 21.8. The molecule has 1 unspecified atom stereocenters. The second-order valence-corrected chi connectivity index (χ2v) is 9.78. The number of aliphatic imine (C=N–C) groups is 2. The van der Waals surface area contributed by atoms with Crippen molar-refractivity contribution in [1.29, 1.82) is 0 Å². The van der Waals surface area contributed by atoms with Crippen LogP contribution in [0.4, 0.5) is 4.39 Å². The molecular weight excluding hydrogens is 399 g/mol. The van der Waals surface area contributed by atoms with E-state index in [1.54, 1.807) is 23.5 Å². The first kappa shape index (κ1) is 20.3. The number of hydrogen-bond donors (Lipinski definition) is 0. The second kappa shape index (κ2) is 9.69. The number of nitrogens with zero attached hydrogens (tertiary/aromatic N) is 2. The van der Waals surface area contributed by atoms with Gasteiger partial charge in [0.05, 0.1) is 11.5 Å². The smallest absolute Gasteiger partial charge is 0.263 e. The third-order valence-electron chi connectivity index (χ3n) is 5.33. The first-order valence-electron chi connectivity index (χ1n) is 9.87. The molecule has 1 atom stereocenters. The molecule has 0 aromatic carbocycles. The summed E-state index contributed by atoms with van der Waals surface area (Å²) in [5.74, 6) is 0.780. The summed E-state index contributed by atoms with van der Waals surface area (Å²) in [7, 11) is 0. The van der Waals surface area contributed by atoms with Crippen LogP contribution in [0.2, 0.25) is 0 Å². The molecule has 0 spiro atoms. The van der Waals surface area contributed by atoms with Gasteiger partial charge in [0.1, 0.15) is 17.6 Å². The van der Waals surface area contributed by atoms with Gasteiger partial charge in [0, 0.05) is 42.3 Å². The molecule has 0 bridgehead atoms. The highest BCUT2D eigenvalue weighted by atomic mass is 32.2. The van der Waals surface area contributed by atoms with Gasteiger partial charge in [-0.05, 0) is 43.8 Å². The fourth-order valence-electron chi connectivity index (χ4n) is 3.65. The third kappa shape index (κ3) is 5.14. The first-order valence-corrected chi connectivity index (χ1v) is 11.9. The van der Waals surface area contributed by atoms with E-state index in [1.807, 2.05) is 6.08 Å². The molecule has 28 heavy (non-hydrogen) atoms. The van der Waals surface area contributed by atoms with E-state index in [0.29, 0.717) is 28.5 Å². The van der Waals surface area contributed by atoms with Crippen LogP contribution in [0.25, 0.3) is 0 Å². The highest BCUT2D eigenvalue weighted by Crippen LogP contribution is 2.34. The molecule has 0 aromatic rings. The summed E-state index contributed by atoms with van der Waals surface area (Å²) in [6, 6.07) is 0. The van der Waals surface area contributed by atoms with Crippen LogP contribution in [0.3, 0.4) is 0 Å². The van der Waals surface area contributed by atoms with Gasteiger partial charge < -0.3 is 9.47 Å². The largest absolute Gasteiger partial charge is 0.381 e. The van der Waals surface area contributed by atoms with Crippen LogP contribution in [0.5, 0.6) is 0 Å². The monoisotopic (exact) mass is 424 g/mol. The molecule has 1 amide bonds. The van der Waals surface area contributed by atoms with Crippen molar-refractivity contribution < 1.29 is 18.7 Å². The average molecular weight is 425 g/mol. The predicted octanol–water partition coefficient (Wildman–Crippen LogP) is 3.81. The summed E-state index contributed by atoms with van der Waals surface area (Å²) >= 11 is 3.40. The van der Waals surface area contributed by atoms with Crippen LogP contribution < -0.4 is 0 Å². The summed E-state index contributed by atoms with van der Waals surface area (Å²) in [6.45, 7) is 3.18. The van der Waals surface area contributed by atoms with E-state index in [9.17, 15) is 9.18 Å². The van der Waals surface area contributed by atoms with Gasteiger partial charge in [0.2, 0.25) is 0 Å². The van der Waals surface area contributed by atoms with E-state index in [0.717, 1.165) is 62.8 Å². The average Bonchev–Trinajstić information content (AvgIpc) is 2.72. The van der Waals surface area contributed by atoms with Gasteiger partial charge in [-0.25, -0.2) is 9.38 Å². The lowest BCUT2D eigenvalue weighted by atomic mass is 9.95. The Morgan fingerprint density at radius 2 is 1.75 bits per heavy atom. The number of thioether (sulfide) groups is 2. The van der Waals surface area contributed by atoms with Gasteiger partial charge >= 0.3 is 0 Å². The Morgan fingerprint density at radius 1 is 1.04 bits per heavy atom. The number of amidine groups is 1. The van der Waals surface area contributed by atoms with Crippen LogP contribution in [-0.4, -0.2) is 60.6 Å². The SMILES string of the molecule is O=C1N=C(CSC2CCOCC2)N=C2C=C(SCC3CCOCC3)C=C(F)C12. The zero-order valence-corrected chi connectivity index (χ0v) is 17.4. The maximum absolute atomic E-state index is 14.6. The quantitative estimate of drug-likeness (QED) is 0.649. The molecule has 0 aromatic heterocycles. The summed E-state index contributed by atoms with van der Waals surface area (Å²) in [6.07, 6.45) is 7.46. The number of ether oxygens (including phenoxy) is 2. The van der Waals surface area contributed by atoms with Crippen LogP contribution in [0.15, 0.2) is 32.9 Å². The zero-order valence-electron chi connectivity index (χ0n) is 15.8. The van der Waals surface area contributed by atoms with E-state index < -0.39 is 17.7 Å². The summed E-state index contributed by atoms with van der Waals surface area (Å²) in [5, 5.41) is 0.508. The fourth-order valence-corrected chi connectivity index (χ4v) is 5.85. The van der Waals surface area contributed by atoms with Gasteiger partial charge in [-0.3, -0.25) is 4.79 Å². The number of rotatable bonds is 6. The highest BCUT2D eigenvalue weighted by Gasteiger charge is 2.34. The molecule has 1 aliphatic carbocycles. The molecule has 0 radical (unpaired) electrons. The van der Waals surface area contributed by atoms with Crippen molar-refractivity contribution in [3.05, 3.63) is 22.9 Å².